The van der Waals surface area contributed by atoms with E-state index in [9.17, 15) is 4.79 Å². The number of rotatable bonds is 7. The lowest BCUT2D eigenvalue weighted by atomic mass is 10.0. The predicted octanol–water partition coefficient (Wildman–Crippen LogP) is 4.59. The molecule has 0 aromatic heterocycles. The zero-order valence-electron chi connectivity index (χ0n) is 15.0. The standard InChI is InChI=1S/C21H27NO2/c1-5-17-10-12-18(13-11-17)16(4)22-21(23)20(6-2)24-19-9-7-8-15(3)14-19/h7-14,16,20H,5-6H2,1-4H3,(H,22,23)/t16-,20-/m0/s1. The molecule has 128 valence electrons. The van der Waals surface area contributed by atoms with Crippen LogP contribution in [0.15, 0.2) is 48.5 Å². The first-order chi connectivity index (χ1) is 11.5. The summed E-state index contributed by atoms with van der Waals surface area (Å²) in [5.41, 5.74) is 3.52. The third kappa shape index (κ3) is 4.85. The fraction of sp³-hybridized carbons (Fsp3) is 0.381. The summed E-state index contributed by atoms with van der Waals surface area (Å²) >= 11 is 0. The molecule has 0 aliphatic carbocycles. The fourth-order valence-electron chi connectivity index (χ4n) is 2.61. The Morgan fingerprint density at radius 2 is 1.83 bits per heavy atom. The van der Waals surface area contributed by atoms with Gasteiger partial charge in [-0.1, -0.05) is 50.2 Å². The minimum Gasteiger partial charge on any atom is -0.481 e. The Hall–Kier alpha value is -2.29. The third-order valence-electron chi connectivity index (χ3n) is 4.18. The van der Waals surface area contributed by atoms with E-state index in [2.05, 4.69) is 36.5 Å². The Morgan fingerprint density at radius 1 is 1.12 bits per heavy atom. The van der Waals surface area contributed by atoms with Gasteiger partial charge in [-0.2, -0.15) is 0 Å². The number of carbonyl (C=O) groups excluding carboxylic acids is 1. The van der Waals surface area contributed by atoms with Gasteiger partial charge < -0.3 is 10.1 Å². The van der Waals surface area contributed by atoms with Crippen LogP contribution in [0.2, 0.25) is 0 Å². The van der Waals surface area contributed by atoms with Crippen molar-refractivity contribution in [2.24, 2.45) is 0 Å². The molecule has 1 amide bonds. The first-order valence-corrected chi connectivity index (χ1v) is 8.66. The number of carbonyl (C=O) groups is 1. The third-order valence-corrected chi connectivity index (χ3v) is 4.18. The number of aryl methyl sites for hydroxylation is 2. The van der Waals surface area contributed by atoms with Crippen molar-refractivity contribution < 1.29 is 9.53 Å². The van der Waals surface area contributed by atoms with Crippen molar-refractivity contribution in [2.45, 2.75) is 52.7 Å². The maximum atomic E-state index is 12.5. The van der Waals surface area contributed by atoms with E-state index >= 15 is 0 Å². The molecule has 0 radical (unpaired) electrons. The van der Waals surface area contributed by atoms with Crippen molar-refractivity contribution in [1.29, 1.82) is 0 Å². The smallest absolute Gasteiger partial charge is 0.261 e. The molecule has 0 aliphatic heterocycles. The minimum absolute atomic E-state index is 0.0430. The van der Waals surface area contributed by atoms with Gasteiger partial charge in [-0.15, -0.1) is 0 Å². The van der Waals surface area contributed by atoms with Gasteiger partial charge in [0, 0.05) is 0 Å². The average Bonchev–Trinajstić information content (AvgIpc) is 2.59. The lowest BCUT2D eigenvalue weighted by Gasteiger charge is -2.21. The van der Waals surface area contributed by atoms with Crippen LogP contribution >= 0.6 is 0 Å². The molecule has 24 heavy (non-hydrogen) atoms. The van der Waals surface area contributed by atoms with Crippen LogP contribution in [0, 0.1) is 6.92 Å². The van der Waals surface area contributed by atoms with Gasteiger partial charge in [0.15, 0.2) is 6.10 Å². The maximum Gasteiger partial charge on any atom is 0.261 e. The quantitative estimate of drug-likeness (QED) is 0.808. The number of hydrogen-bond donors (Lipinski definition) is 1. The van der Waals surface area contributed by atoms with Crippen molar-refractivity contribution >= 4 is 5.91 Å². The Kier molecular flexibility index (Phi) is 6.42. The molecule has 0 unspecified atom stereocenters. The van der Waals surface area contributed by atoms with E-state index in [1.807, 2.05) is 45.0 Å². The largest absolute Gasteiger partial charge is 0.481 e. The second-order valence-corrected chi connectivity index (χ2v) is 6.16. The summed E-state index contributed by atoms with van der Waals surface area (Å²) in [6.07, 6.45) is 1.16. The van der Waals surface area contributed by atoms with Gasteiger partial charge in [0.25, 0.3) is 5.91 Å². The average molecular weight is 325 g/mol. The first-order valence-electron chi connectivity index (χ1n) is 8.66. The van der Waals surface area contributed by atoms with Crippen LogP contribution in [-0.2, 0) is 11.2 Å². The highest BCUT2D eigenvalue weighted by molar-refractivity contribution is 5.81. The van der Waals surface area contributed by atoms with E-state index in [0.717, 1.165) is 23.3 Å². The highest BCUT2D eigenvalue weighted by Gasteiger charge is 2.20. The van der Waals surface area contributed by atoms with E-state index in [4.69, 9.17) is 4.74 Å². The van der Waals surface area contributed by atoms with E-state index in [0.29, 0.717) is 6.42 Å². The molecule has 0 spiro atoms. The molecule has 3 nitrogen and oxygen atoms in total. The zero-order valence-corrected chi connectivity index (χ0v) is 15.0. The van der Waals surface area contributed by atoms with Gasteiger partial charge in [0.05, 0.1) is 6.04 Å². The van der Waals surface area contributed by atoms with E-state index < -0.39 is 6.10 Å². The SMILES string of the molecule is CCc1ccc([C@H](C)NC(=O)[C@H](CC)Oc2cccc(C)c2)cc1. The van der Waals surface area contributed by atoms with Gasteiger partial charge in [-0.25, -0.2) is 0 Å². The molecular formula is C21H27NO2. The summed E-state index contributed by atoms with van der Waals surface area (Å²) in [4.78, 5) is 12.5. The van der Waals surface area contributed by atoms with Crippen LogP contribution < -0.4 is 10.1 Å². The second-order valence-electron chi connectivity index (χ2n) is 6.16. The highest BCUT2D eigenvalue weighted by atomic mass is 16.5. The molecule has 3 heteroatoms. The number of ether oxygens (including phenoxy) is 1. The molecule has 0 saturated carbocycles. The van der Waals surface area contributed by atoms with Crippen LogP contribution in [0.25, 0.3) is 0 Å². The summed E-state index contributed by atoms with van der Waals surface area (Å²) < 4.78 is 5.87. The molecular weight excluding hydrogens is 298 g/mol. The van der Waals surface area contributed by atoms with Gasteiger partial charge in [-0.05, 0) is 55.5 Å². The fourth-order valence-corrected chi connectivity index (χ4v) is 2.61. The zero-order chi connectivity index (χ0) is 17.5. The highest BCUT2D eigenvalue weighted by Crippen LogP contribution is 2.17. The van der Waals surface area contributed by atoms with E-state index in [1.54, 1.807) is 0 Å². The molecule has 0 bridgehead atoms. The summed E-state index contributed by atoms with van der Waals surface area (Å²) in [7, 11) is 0. The van der Waals surface area contributed by atoms with Crippen molar-refractivity contribution in [2.75, 3.05) is 0 Å². The molecule has 0 aliphatic rings. The Bertz CT molecular complexity index is 664. The normalized spacial score (nSPS) is 13.2. The van der Waals surface area contributed by atoms with Gasteiger partial charge in [-0.3, -0.25) is 4.79 Å². The number of amides is 1. The van der Waals surface area contributed by atoms with Crippen LogP contribution in [-0.4, -0.2) is 12.0 Å². The number of benzene rings is 2. The Labute approximate surface area is 145 Å². The molecule has 0 saturated heterocycles. The topological polar surface area (TPSA) is 38.3 Å². The first kappa shape index (κ1) is 18.1. The van der Waals surface area contributed by atoms with Crippen LogP contribution in [0.5, 0.6) is 5.75 Å². The number of nitrogens with one attached hydrogen (secondary N) is 1. The number of hydrogen-bond acceptors (Lipinski definition) is 2. The monoisotopic (exact) mass is 325 g/mol. The molecule has 1 N–H and O–H groups in total. The van der Waals surface area contributed by atoms with Crippen LogP contribution in [0.4, 0.5) is 0 Å². The molecule has 0 fully saturated rings. The lowest BCUT2D eigenvalue weighted by Crippen LogP contribution is -2.39. The van der Waals surface area contributed by atoms with Gasteiger partial charge in [0.2, 0.25) is 0 Å². The summed E-state index contributed by atoms with van der Waals surface area (Å²) in [5, 5.41) is 3.06. The van der Waals surface area contributed by atoms with Crippen molar-refractivity contribution in [3.8, 4) is 5.75 Å². The van der Waals surface area contributed by atoms with Crippen LogP contribution in [0.3, 0.4) is 0 Å². The van der Waals surface area contributed by atoms with Crippen molar-refractivity contribution in [3.05, 3.63) is 65.2 Å². The molecule has 2 atom stereocenters. The predicted molar refractivity (Wildman–Crippen MR) is 98.3 cm³/mol. The van der Waals surface area contributed by atoms with Gasteiger partial charge >= 0.3 is 0 Å². The lowest BCUT2D eigenvalue weighted by molar-refractivity contribution is -0.128. The Balaban J connectivity index is 1.99. The molecule has 2 aromatic carbocycles. The Morgan fingerprint density at radius 3 is 2.42 bits per heavy atom. The van der Waals surface area contributed by atoms with Gasteiger partial charge in [0.1, 0.15) is 5.75 Å². The van der Waals surface area contributed by atoms with Crippen molar-refractivity contribution in [1.82, 2.24) is 5.32 Å². The van der Waals surface area contributed by atoms with Crippen molar-refractivity contribution in [3.63, 3.8) is 0 Å². The van der Waals surface area contributed by atoms with E-state index in [-0.39, 0.29) is 11.9 Å². The molecule has 2 aromatic rings. The van der Waals surface area contributed by atoms with Crippen LogP contribution in [0.1, 0.15) is 49.9 Å². The summed E-state index contributed by atoms with van der Waals surface area (Å²) in [5.74, 6) is 0.656. The minimum atomic E-state index is -0.482. The summed E-state index contributed by atoms with van der Waals surface area (Å²) in [6.45, 7) is 8.10. The summed E-state index contributed by atoms with van der Waals surface area (Å²) in [6, 6.07) is 16.1. The second kappa shape index (κ2) is 8.53. The maximum absolute atomic E-state index is 12.5. The van der Waals surface area contributed by atoms with E-state index in [1.165, 1.54) is 5.56 Å². The molecule has 2 rings (SSSR count). The molecule has 0 heterocycles.